The third kappa shape index (κ3) is 3.25. The molecular formula is C22H20FN9. The first-order valence-electron chi connectivity index (χ1n) is 10.5. The van der Waals surface area contributed by atoms with Gasteiger partial charge >= 0.3 is 0 Å². The second-order valence-electron chi connectivity index (χ2n) is 7.82. The van der Waals surface area contributed by atoms with Crippen molar-refractivity contribution in [1.29, 1.82) is 0 Å². The van der Waals surface area contributed by atoms with E-state index < -0.39 is 0 Å². The minimum absolute atomic E-state index is 0.207. The molecule has 0 atom stereocenters. The van der Waals surface area contributed by atoms with Crippen molar-refractivity contribution >= 4 is 33.8 Å². The second-order valence-corrected chi connectivity index (χ2v) is 7.82. The van der Waals surface area contributed by atoms with E-state index in [1.165, 1.54) is 12.4 Å². The maximum Gasteiger partial charge on any atom is 0.168 e. The lowest BCUT2D eigenvalue weighted by molar-refractivity contribution is 0.372. The van der Waals surface area contributed by atoms with Gasteiger partial charge in [-0.1, -0.05) is 0 Å². The van der Waals surface area contributed by atoms with E-state index in [2.05, 4.69) is 40.8 Å². The molecule has 0 unspecified atom stereocenters. The Bertz CT molecular complexity index is 1410. The number of hydrogen-bond acceptors (Lipinski definition) is 7. The fourth-order valence-electron chi connectivity index (χ4n) is 4.27. The lowest BCUT2D eigenvalue weighted by Crippen LogP contribution is -2.29. The van der Waals surface area contributed by atoms with E-state index in [-0.39, 0.29) is 17.4 Å². The quantitative estimate of drug-likeness (QED) is 0.401. The van der Waals surface area contributed by atoms with Gasteiger partial charge in [-0.3, -0.25) is 5.10 Å². The van der Waals surface area contributed by atoms with Gasteiger partial charge in [0.25, 0.3) is 0 Å². The fraction of sp³-hybridized carbons (Fsp3) is 0.227. The number of halogens is 1. The summed E-state index contributed by atoms with van der Waals surface area (Å²) >= 11 is 0. The lowest BCUT2D eigenvalue weighted by atomic mass is 10.1. The summed E-state index contributed by atoms with van der Waals surface area (Å²) in [6.45, 7) is 1.82. The third-order valence-corrected chi connectivity index (χ3v) is 5.82. The molecule has 5 aromatic heterocycles. The van der Waals surface area contributed by atoms with Crippen LogP contribution in [0.3, 0.4) is 0 Å². The van der Waals surface area contributed by atoms with Crippen LogP contribution in [-0.4, -0.2) is 47.8 Å². The molecule has 9 nitrogen and oxygen atoms in total. The lowest BCUT2D eigenvalue weighted by Gasteiger charge is -2.24. The molecule has 0 spiro atoms. The summed E-state index contributed by atoms with van der Waals surface area (Å²) in [7, 11) is 0. The molecule has 160 valence electrons. The van der Waals surface area contributed by atoms with E-state index >= 15 is 0 Å². The van der Waals surface area contributed by atoms with E-state index in [4.69, 9.17) is 0 Å². The van der Waals surface area contributed by atoms with Crippen LogP contribution in [0.25, 0.3) is 33.5 Å². The molecular weight excluding hydrogens is 409 g/mol. The van der Waals surface area contributed by atoms with Gasteiger partial charge in [-0.05, 0) is 44.1 Å². The fourth-order valence-corrected chi connectivity index (χ4v) is 4.27. The molecule has 0 aliphatic carbocycles. The molecule has 0 bridgehead atoms. The first kappa shape index (κ1) is 18.8. The van der Waals surface area contributed by atoms with Crippen LogP contribution in [0.2, 0.25) is 0 Å². The summed E-state index contributed by atoms with van der Waals surface area (Å²) in [6, 6.07) is 7.87. The Morgan fingerprint density at radius 2 is 1.94 bits per heavy atom. The van der Waals surface area contributed by atoms with Crippen LogP contribution < -0.4 is 10.6 Å². The van der Waals surface area contributed by atoms with Gasteiger partial charge in [-0.25, -0.2) is 24.3 Å². The summed E-state index contributed by atoms with van der Waals surface area (Å²) in [5.41, 5.74) is 3.28. The summed E-state index contributed by atoms with van der Waals surface area (Å²) in [5, 5.41) is 14.9. The Labute approximate surface area is 182 Å². The predicted octanol–water partition coefficient (Wildman–Crippen LogP) is 3.57. The number of fused-ring (bicyclic) bond motifs is 2. The Morgan fingerprint density at radius 1 is 1.06 bits per heavy atom. The van der Waals surface area contributed by atoms with Crippen molar-refractivity contribution in [2.75, 3.05) is 18.4 Å². The maximum atomic E-state index is 14.5. The minimum atomic E-state index is -0.349. The number of H-pyrrole nitrogens is 1. The molecule has 0 radical (unpaired) electrons. The highest BCUT2D eigenvalue weighted by Crippen LogP contribution is 2.29. The molecule has 0 aromatic carbocycles. The van der Waals surface area contributed by atoms with Crippen molar-refractivity contribution in [3.8, 4) is 11.3 Å². The van der Waals surface area contributed by atoms with Crippen molar-refractivity contribution in [3.05, 3.63) is 54.9 Å². The molecule has 32 heavy (non-hydrogen) atoms. The second kappa shape index (κ2) is 7.65. The standard InChI is InChI=1S/C22H20FN9/c23-16-12-32(13-3-7-24-8-4-13)22-20(16)27-11-19(29-22)28-18-10-17(30-31-18)14-5-9-26-21-15(14)2-1-6-25-21/h1-2,5-6,9-13,24H,3-4,7-8H2,(H2,28,29,30,31). The molecule has 1 aliphatic heterocycles. The Morgan fingerprint density at radius 3 is 2.84 bits per heavy atom. The average Bonchev–Trinajstić information content (AvgIpc) is 3.43. The summed E-state index contributed by atoms with van der Waals surface area (Å²) in [6.07, 6.45) is 8.34. The number of pyridine rings is 2. The molecule has 0 saturated carbocycles. The normalized spacial score (nSPS) is 14.9. The van der Waals surface area contributed by atoms with Crippen LogP contribution in [0, 0.1) is 5.82 Å². The largest absolute Gasteiger partial charge is 0.325 e. The summed E-state index contributed by atoms with van der Waals surface area (Å²) in [4.78, 5) is 17.6. The SMILES string of the molecule is Fc1cn(C2CCNCC2)c2nc(Nc3cc(-c4ccnc5ncccc45)[nH]n3)cnc12. The van der Waals surface area contributed by atoms with E-state index in [1.54, 1.807) is 12.4 Å². The van der Waals surface area contributed by atoms with E-state index in [0.717, 1.165) is 42.6 Å². The number of aromatic nitrogens is 7. The first-order valence-corrected chi connectivity index (χ1v) is 10.5. The molecule has 0 amide bonds. The van der Waals surface area contributed by atoms with Gasteiger partial charge in [-0.15, -0.1) is 0 Å². The monoisotopic (exact) mass is 429 g/mol. The van der Waals surface area contributed by atoms with Gasteiger partial charge in [0.15, 0.2) is 28.7 Å². The van der Waals surface area contributed by atoms with Crippen molar-refractivity contribution in [1.82, 2.24) is 40.0 Å². The molecule has 1 fully saturated rings. The van der Waals surface area contributed by atoms with Crippen molar-refractivity contribution < 1.29 is 4.39 Å². The van der Waals surface area contributed by atoms with Crippen LogP contribution >= 0.6 is 0 Å². The van der Waals surface area contributed by atoms with Crippen LogP contribution in [0.15, 0.2) is 49.1 Å². The predicted molar refractivity (Wildman–Crippen MR) is 119 cm³/mol. The molecule has 1 aliphatic rings. The highest BCUT2D eigenvalue weighted by Gasteiger charge is 2.21. The van der Waals surface area contributed by atoms with E-state index in [0.29, 0.717) is 22.9 Å². The Hall–Kier alpha value is -3.92. The third-order valence-electron chi connectivity index (χ3n) is 5.82. The van der Waals surface area contributed by atoms with Crippen LogP contribution in [0.5, 0.6) is 0 Å². The van der Waals surface area contributed by atoms with Crippen LogP contribution in [0.1, 0.15) is 18.9 Å². The zero-order valence-corrected chi connectivity index (χ0v) is 17.1. The number of nitrogens with zero attached hydrogens (tertiary/aromatic N) is 6. The molecule has 6 heterocycles. The first-order chi connectivity index (χ1) is 15.8. The van der Waals surface area contributed by atoms with Crippen molar-refractivity contribution in [3.63, 3.8) is 0 Å². The molecule has 1 saturated heterocycles. The van der Waals surface area contributed by atoms with Crippen LogP contribution in [0.4, 0.5) is 16.0 Å². The molecule has 5 aromatic rings. The minimum Gasteiger partial charge on any atom is -0.325 e. The summed E-state index contributed by atoms with van der Waals surface area (Å²) < 4.78 is 16.4. The van der Waals surface area contributed by atoms with Gasteiger partial charge in [0.05, 0.1) is 11.9 Å². The van der Waals surface area contributed by atoms with Crippen LogP contribution in [-0.2, 0) is 0 Å². The van der Waals surface area contributed by atoms with E-state index in [9.17, 15) is 4.39 Å². The number of anilines is 2. The number of rotatable bonds is 4. The number of aromatic amines is 1. The number of piperidine rings is 1. The molecule has 6 rings (SSSR count). The topological polar surface area (TPSA) is 109 Å². The van der Waals surface area contributed by atoms with E-state index in [1.807, 2.05) is 28.8 Å². The van der Waals surface area contributed by atoms with Gasteiger partial charge in [-0.2, -0.15) is 5.10 Å². The summed E-state index contributed by atoms with van der Waals surface area (Å²) in [5.74, 6) is 0.742. The zero-order valence-electron chi connectivity index (χ0n) is 17.1. The highest BCUT2D eigenvalue weighted by molar-refractivity contribution is 5.91. The highest BCUT2D eigenvalue weighted by atomic mass is 19.1. The van der Waals surface area contributed by atoms with Crippen molar-refractivity contribution in [2.45, 2.75) is 18.9 Å². The Kier molecular flexibility index (Phi) is 4.50. The Balaban J connectivity index is 1.32. The molecule has 10 heteroatoms. The van der Waals surface area contributed by atoms with Gasteiger partial charge < -0.3 is 15.2 Å². The van der Waals surface area contributed by atoms with Gasteiger partial charge in [0.2, 0.25) is 0 Å². The van der Waals surface area contributed by atoms with Gasteiger partial charge in [0, 0.05) is 41.6 Å². The van der Waals surface area contributed by atoms with Gasteiger partial charge in [0.1, 0.15) is 5.52 Å². The average molecular weight is 429 g/mol. The maximum absolute atomic E-state index is 14.5. The number of nitrogens with one attached hydrogen (secondary N) is 3. The zero-order chi connectivity index (χ0) is 21.5. The smallest absolute Gasteiger partial charge is 0.168 e. The number of hydrogen-bond donors (Lipinski definition) is 3. The molecule has 3 N–H and O–H groups in total. The van der Waals surface area contributed by atoms with Crippen molar-refractivity contribution in [2.24, 2.45) is 0 Å².